The van der Waals surface area contributed by atoms with Gasteiger partial charge in [-0.1, -0.05) is 29.3 Å². The molecule has 1 aromatic heterocycles. The summed E-state index contributed by atoms with van der Waals surface area (Å²) in [4.78, 5) is 10.9. The molecule has 3 heterocycles. The maximum atomic E-state index is 6.59. The summed E-state index contributed by atoms with van der Waals surface area (Å²) in [6.45, 7) is 9.25. The van der Waals surface area contributed by atoms with Gasteiger partial charge in [0.25, 0.3) is 0 Å². The van der Waals surface area contributed by atoms with E-state index < -0.39 is 5.79 Å². The van der Waals surface area contributed by atoms with Crippen LogP contribution < -0.4 is 19.9 Å². The van der Waals surface area contributed by atoms with Crippen molar-refractivity contribution >= 4 is 57.6 Å². The lowest BCUT2D eigenvalue weighted by molar-refractivity contribution is -0.190. The first-order valence-electron chi connectivity index (χ1n) is 17.2. The molecule has 0 saturated carbocycles. The van der Waals surface area contributed by atoms with Gasteiger partial charge in [-0.3, -0.25) is 0 Å². The Balaban J connectivity index is 0.00000541. The fraction of sp³-hybridized carbons (Fsp3) is 0.432. The Bertz CT molecular complexity index is 1740. The third kappa shape index (κ3) is 10.1. The Morgan fingerprint density at radius 3 is 2.19 bits per heavy atom. The van der Waals surface area contributed by atoms with Gasteiger partial charge < -0.3 is 49.2 Å². The number of hydrogen-bond donors (Lipinski definition) is 1. The van der Waals surface area contributed by atoms with Crippen molar-refractivity contribution in [3.63, 3.8) is 0 Å². The molecule has 0 bridgehead atoms. The molecule has 2 unspecified atom stereocenters. The van der Waals surface area contributed by atoms with Crippen LogP contribution in [0.4, 0.5) is 17.1 Å². The van der Waals surface area contributed by atoms with Gasteiger partial charge in [0.15, 0.2) is 11.4 Å². The van der Waals surface area contributed by atoms with Crippen LogP contribution >= 0.6 is 35.4 Å². The smallest absolute Gasteiger partial charge is 0.217 e. The first-order valence-corrected chi connectivity index (χ1v) is 18.4. The van der Waals surface area contributed by atoms with Crippen LogP contribution in [0, 0.1) is 0 Å². The molecule has 2 aliphatic rings. The van der Waals surface area contributed by atoms with Gasteiger partial charge in [-0.2, -0.15) is 5.10 Å². The van der Waals surface area contributed by atoms with Gasteiger partial charge >= 0.3 is 0 Å². The second-order valence-corrected chi connectivity index (χ2v) is 14.2. The van der Waals surface area contributed by atoms with E-state index in [1.54, 1.807) is 37.4 Å². The molecule has 2 saturated heterocycles. The number of methoxy groups -OCH3 is 2. The van der Waals surface area contributed by atoms with Crippen molar-refractivity contribution < 1.29 is 29.2 Å². The van der Waals surface area contributed by atoms with Crippen LogP contribution in [0.15, 0.2) is 79.4 Å². The number of halogens is 2. The topological polar surface area (TPSA) is 130 Å². The van der Waals surface area contributed by atoms with E-state index in [4.69, 9.17) is 59.1 Å². The number of hydrogen-bond acceptors (Lipinski definition) is 10. The second kappa shape index (κ2) is 18.5. The fourth-order valence-corrected chi connectivity index (χ4v) is 7.29. The summed E-state index contributed by atoms with van der Waals surface area (Å²) in [6, 6.07) is 22.1. The van der Waals surface area contributed by atoms with Gasteiger partial charge in [0.1, 0.15) is 37.7 Å². The summed E-state index contributed by atoms with van der Waals surface area (Å²) in [5.41, 5.74) is 3.95. The number of aromatic nitrogens is 3. The lowest BCUT2D eigenvalue weighted by Gasteiger charge is -2.37. The Morgan fingerprint density at radius 2 is 1.62 bits per heavy atom. The Morgan fingerprint density at radius 1 is 0.981 bits per heavy atom. The number of benzene rings is 3. The van der Waals surface area contributed by atoms with Crippen molar-refractivity contribution in [2.24, 2.45) is 0 Å². The largest absolute Gasteiger partial charge is 0.491 e. The van der Waals surface area contributed by atoms with Crippen molar-refractivity contribution in [2.45, 2.75) is 44.6 Å². The molecule has 2 fully saturated rings. The van der Waals surface area contributed by atoms with E-state index in [1.165, 1.54) is 12.0 Å². The second-order valence-electron chi connectivity index (χ2n) is 12.9. The zero-order valence-corrected chi connectivity index (χ0v) is 32.6. The van der Waals surface area contributed by atoms with Crippen LogP contribution in [0.3, 0.4) is 0 Å². The molecule has 0 aliphatic carbocycles. The number of nitrogens with one attached hydrogen (secondary N) is 1. The molecule has 16 heteroatoms. The van der Waals surface area contributed by atoms with Crippen molar-refractivity contribution in [1.82, 2.24) is 19.7 Å². The monoisotopic (exact) mass is 787 g/mol. The molecule has 4 aromatic rings. The molecule has 3 aromatic carbocycles. The highest BCUT2D eigenvalue weighted by molar-refractivity contribution is 7.80. The predicted molar refractivity (Wildman–Crippen MR) is 211 cm³/mol. The van der Waals surface area contributed by atoms with Crippen LogP contribution in [0.5, 0.6) is 5.75 Å². The lowest BCUT2D eigenvalue weighted by Crippen LogP contribution is -2.46. The molecule has 53 heavy (non-hydrogen) atoms. The maximum absolute atomic E-state index is 6.59. The van der Waals surface area contributed by atoms with Crippen molar-refractivity contribution in [3.8, 4) is 5.75 Å². The molecular formula is C37H47Cl2N7O6S. The van der Waals surface area contributed by atoms with Crippen LogP contribution in [0.25, 0.3) is 0 Å². The van der Waals surface area contributed by atoms with Gasteiger partial charge in [0.05, 0.1) is 18.2 Å². The zero-order chi connectivity index (χ0) is 36.7. The van der Waals surface area contributed by atoms with E-state index >= 15 is 0 Å². The summed E-state index contributed by atoms with van der Waals surface area (Å²) in [7, 11) is 3.26. The standard InChI is InChI=1S/C37H45Cl2N7O5S.H2O/c1-26(2)46(20-35(47-3)48-4)36(52)42-28-6-8-29(9-7-28)43-15-17-44(18-16-43)30-10-12-31(13-11-30)49-21-32-22-50-37(51-32,23-45-25-40-24-41-45)33-14-5-27(38)19-34(33)39;/h5-14,19,24-26,32,35H,15-18,20-23H2,1-4H3,(H,42,52);1H2. The Hall–Kier alpha value is -3.73. The van der Waals surface area contributed by atoms with Gasteiger partial charge in [0.2, 0.25) is 5.79 Å². The zero-order valence-electron chi connectivity index (χ0n) is 30.3. The summed E-state index contributed by atoms with van der Waals surface area (Å²) < 4.78 is 31.3. The maximum Gasteiger partial charge on any atom is 0.217 e. The average Bonchev–Trinajstić information content (AvgIpc) is 3.82. The van der Waals surface area contributed by atoms with Crippen molar-refractivity contribution in [2.75, 3.05) is 75.3 Å². The minimum absolute atomic E-state index is 0. The van der Waals surface area contributed by atoms with E-state index in [0.29, 0.717) is 40.5 Å². The van der Waals surface area contributed by atoms with Crippen LogP contribution in [-0.4, -0.2) is 109 Å². The summed E-state index contributed by atoms with van der Waals surface area (Å²) in [5.74, 6) is -0.401. The molecule has 2 aliphatic heterocycles. The van der Waals surface area contributed by atoms with Gasteiger partial charge in [-0.15, -0.1) is 0 Å². The Labute approximate surface area is 325 Å². The van der Waals surface area contributed by atoms with Gasteiger partial charge in [0, 0.05) is 74.1 Å². The van der Waals surface area contributed by atoms with Crippen LogP contribution in [0.2, 0.25) is 10.0 Å². The molecule has 0 radical (unpaired) electrons. The molecule has 3 N–H and O–H groups in total. The molecule has 6 rings (SSSR count). The van der Waals surface area contributed by atoms with E-state index in [9.17, 15) is 0 Å². The highest BCUT2D eigenvalue weighted by atomic mass is 35.5. The van der Waals surface area contributed by atoms with Crippen molar-refractivity contribution in [3.05, 3.63) is 95.0 Å². The molecule has 286 valence electrons. The van der Waals surface area contributed by atoms with E-state index in [-0.39, 0.29) is 30.5 Å². The number of rotatable bonds is 14. The third-order valence-corrected chi connectivity index (χ3v) is 10.1. The summed E-state index contributed by atoms with van der Waals surface area (Å²) in [5, 5.41) is 9.22. The molecule has 2 atom stereocenters. The van der Waals surface area contributed by atoms with Crippen LogP contribution in [0.1, 0.15) is 19.4 Å². The normalized spacial score (nSPS) is 18.7. The number of anilines is 3. The first-order chi connectivity index (χ1) is 25.2. The SMILES string of the molecule is COC(CN(C(=S)Nc1ccc(N2CCN(c3ccc(OCC4COC(Cn5cncn5)(c5ccc(Cl)cc5Cl)O4)cc3)CC2)cc1)C(C)C)OC.O. The molecule has 0 amide bonds. The minimum Gasteiger partial charge on any atom is -0.491 e. The van der Waals surface area contributed by atoms with Gasteiger partial charge in [-0.25, -0.2) is 9.67 Å². The first kappa shape index (κ1) is 40.5. The summed E-state index contributed by atoms with van der Waals surface area (Å²) >= 11 is 18.5. The van der Waals surface area contributed by atoms with Crippen LogP contribution in [-0.2, 0) is 31.3 Å². The molecule has 13 nitrogen and oxygen atoms in total. The Kier molecular flexibility index (Phi) is 14.2. The van der Waals surface area contributed by atoms with Gasteiger partial charge in [-0.05, 0) is 86.7 Å². The number of piperazine rings is 1. The number of ether oxygens (including phenoxy) is 5. The summed E-state index contributed by atoms with van der Waals surface area (Å²) in [6.07, 6.45) is 2.39. The van der Waals surface area contributed by atoms with E-state index in [2.05, 4.69) is 80.3 Å². The highest BCUT2D eigenvalue weighted by Crippen LogP contribution is 2.40. The van der Waals surface area contributed by atoms with E-state index in [1.807, 2.05) is 18.2 Å². The molecular weight excluding hydrogens is 741 g/mol. The predicted octanol–water partition coefficient (Wildman–Crippen LogP) is 5.46. The number of nitrogens with zero attached hydrogens (tertiary/aromatic N) is 6. The third-order valence-electron chi connectivity index (χ3n) is 9.19. The molecule has 0 spiro atoms. The highest BCUT2D eigenvalue weighted by Gasteiger charge is 2.45. The fourth-order valence-electron chi connectivity index (χ4n) is 6.33. The number of thiocarbonyl (C=S) groups is 1. The quantitative estimate of drug-likeness (QED) is 0.129. The lowest BCUT2D eigenvalue weighted by atomic mass is 10.1. The minimum atomic E-state index is -1.16. The van der Waals surface area contributed by atoms with Crippen molar-refractivity contribution in [1.29, 1.82) is 0 Å². The average molecular weight is 789 g/mol. The van der Waals surface area contributed by atoms with E-state index in [0.717, 1.165) is 43.3 Å².